The molecule has 3 N–H and O–H groups in total. The first kappa shape index (κ1) is 15.5. The number of nitrogens with two attached hydrogens (primary N) is 1. The van der Waals surface area contributed by atoms with Crippen LogP contribution in [0.1, 0.15) is 29.7 Å². The van der Waals surface area contributed by atoms with Gasteiger partial charge in [-0.2, -0.15) is 5.10 Å². The van der Waals surface area contributed by atoms with Crippen LogP contribution in [0.3, 0.4) is 0 Å². The van der Waals surface area contributed by atoms with Gasteiger partial charge >= 0.3 is 0 Å². The van der Waals surface area contributed by atoms with E-state index < -0.39 is 0 Å². The number of likely N-dealkylation sites (tertiary alicyclic amines) is 1. The van der Waals surface area contributed by atoms with Gasteiger partial charge in [0.1, 0.15) is 0 Å². The van der Waals surface area contributed by atoms with Gasteiger partial charge in [-0.3, -0.25) is 0 Å². The summed E-state index contributed by atoms with van der Waals surface area (Å²) in [6.45, 7) is 7.93. The predicted molar refractivity (Wildman–Crippen MR) is 83.0 cm³/mol. The lowest BCUT2D eigenvalue weighted by Gasteiger charge is -2.24. The van der Waals surface area contributed by atoms with E-state index in [1.165, 1.54) is 25.9 Å². The van der Waals surface area contributed by atoms with E-state index in [0.29, 0.717) is 11.4 Å². The van der Waals surface area contributed by atoms with Crippen LogP contribution in [0.4, 0.5) is 5.82 Å². The van der Waals surface area contributed by atoms with E-state index >= 15 is 0 Å². The largest absolute Gasteiger partial charge is 0.409 e. The molecule has 2 rings (SSSR count). The van der Waals surface area contributed by atoms with E-state index in [-0.39, 0.29) is 5.84 Å². The Balaban J connectivity index is 2.19. The summed E-state index contributed by atoms with van der Waals surface area (Å²) in [5.41, 5.74) is 8.15. The van der Waals surface area contributed by atoms with Gasteiger partial charge in [0, 0.05) is 20.1 Å². The maximum Gasteiger partial charge on any atom is 0.174 e. The molecule has 7 nitrogen and oxygen atoms in total. The van der Waals surface area contributed by atoms with Crippen LogP contribution in [0.15, 0.2) is 5.16 Å². The Bertz CT molecular complexity index is 524. The van der Waals surface area contributed by atoms with E-state index in [2.05, 4.69) is 20.3 Å². The third-order valence-electron chi connectivity index (χ3n) is 4.11. The standard InChI is InChI=1S/C14H24N6O/c1-10-11(2)16-17-14(12(10)13(15)18-21)19(3)8-9-20-6-4-5-7-20/h21H,4-9H2,1-3H3,(H2,15,18). The van der Waals surface area contributed by atoms with Gasteiger partial charge in [-0.05, 0) is 45.3 Å². The number of nitrogens with zero attached hydrogens (tertiary/aromatic N) is 5. The normalized spacial score (nSPS) is 16.4. The van der Waals surface area contributed by atoms with E-state index in [9.17, 15) is 0 Å². The smallest absolute Gasteiger partial charge is 0.174 e. The lowest BCUT2D eigenvalue weighted by atomic mass is 10.1. The minimum atomic E-state index is 0.0773. The van der Waals surface area contributed by atoms with Gasteiger partial charge in [0.15, 0.2) is 11.7 Å². The molecular formula is C14H24N6O. The lowest BCUT2D eigenvalue weighted by molar-refractivity contribution is 0.318. The second kappa shape index (κ2) is 6.71. The third kappa shape index (κ3) is 3.41. The summed E-state index contributed by atoms with van der Waals surface area (Å²) in [6, 6.07) is 0. The Hall–Kier alpha value is -1.89. The van der Waals surface area contributed by atoms with Crippen molar-refractivity contribution in [2.45, 2.75) is 26.7 Å². The molecule has 21 heavy (non-hydrogen) atoms. The molecule has 0 aliphatic carbocycles. The van der Waals surface area contributed by atoms with Crippen LogP contribution in [0.25, 0.3) is 0 Å². The first-order valence-corrected chi connectivity index (χ1v) is 7.30. The van der Waals surface area contributed by atoms with Crippen LogP contribution >= 0.6 is 0 Å². The SMILES string of the molecule is Cc1nnc(N(C)CCN2CCCC2)c(C(N)=NO)c1C. The molecule has 0 bridgehead atoms. The summed E-state index contributed by atoms with van der Waals surface area (Å²) in [7, 11) is 1.96. The molecule has 7 heteroatoms. The van der Waals surface area contributed by atoms with Crippen molar-refractivity contribution in [3.63, 3.8) is 0 Å². The first-order chi connectivity index (χ1) is 10.0. The van der Waals surface area contributed by atoms with Crippen molar-refractivity contribution in [1.82, 2.24) is 15.1 Å². The Labute approximate surface area is 125 Å². The zero-order valence-electron chi connectivity index (χ0n) is 13.0. The number of aryl methyl sites for hydroxylation is 1. The summed E-state index contributed by atoms with van der Waals surface area (Å²) in [5.74, 6) is 0.737. The summed E-state index contributed by atoms with van der Waals surface area (Å²) in [4.78, 5) is 4.46. The molecule has 0 amide bonds. The zero-order chi connectivity index (χ0) is 15.4. The Morgan fingerprint density at radius 2 is 2.00 bits per heavy atom. The van der Waals surface area contributed by atoms with Crippen molar-refractivity contribution >= 4 is 11.7 Å². The van der Waals surface area contributed by atoms with Crippen molar-refractivity contribution in [2.24, 2.45) is 10.9 Å². The molecule has 0 spiro atoms. The quantitative estimate of drug-likeness (QED) is 0.360. The van der Waals surface area contributed by atoms with Crippen molar-refractivity contribution in [1.29, 1.82) is 0 Å². The fourth-order valence-electron chi connectivity index (χ4n) is 2.62. The number of amidine groups is 1. The number of aromatic nitrogens is 2. The van der Waals surface area contributed by atoms with Gasteiger partial charge in [0.25, 0.3) is 0 Å². The average Bonchev–Trinajstić information content (AvgIpc) is 3.00. The van der Waals surface area contributed by atoms with E-state index in [1.54, 1.807) is 0 Å². The molecule has 1 fully saturated rings. The van der Waals surface area contributed by atoms with Crippen molar-refractivity contribution in [3.8, 4) is 0 Å². The summed E-state index contributed by atoms with van der Waals surface area (Å²) in [5, 5.41) is 20.5. The van der Waals surface area contributed by atoms with Crippen LogP contribution < -0.4 is 10.6 Å². The Morgan fingerprint density at radius 1 is 1.33 bits per heavy atom. The average molecular weight is 292 g/mol. The van der Waals surface area contributed by atoms with Gasteiger partial charge < -0.3 is 20.7 Å². The Morgan fingerprint density at radius 3 is 2.62 bits per heavy atom. The number of hydrogen-bond donors (Lipinski definition) is 2. The number of oxime groups is 1. The lowest BCUT2D eigenvalue weighted by Crippen LogP contribution is -2.33. The van der Waals surface area contributed by atoms with Gasteiger partial charge in [-0.15, -0.1) is 5.10 Å². The molecule has 1 aromatic rings. The van der Waals surface area contributed by atoms with Crippen LogP contribution in [0.2, 0.25) is 0 Å². The molecule has 0 saturated carbocycles. The van der Waals surface area contributed by atoms with E-state index in [1.807, 2.05) is 25.8 Å². The third-order valence-corrected chi connectivity index (χ3v) is 4.11. The summed E-state index contributed by atoms with van der Waals surface area (Å²) >= 11 is 0. The highest BCUT2D eigenvalue weighted by Crippen LogP contribution is 2.21. The van der Waals surface area contributed by atoms with Crippen molar-refractivity contribution < 1.29 is 5.21 Å². The Kier molecular flexibility index (Phi) is 4.95. The molecule has 1 aliphatic heterocycles. The molecule has 1 aliphatic rings. The van der Waals surface area contributed by atoms with Crippen molar-refractivity contribution in [2.75, 3.05) is 38.1 Å². The second-order valence-corrected chi connectivity index (χ2v) is 5.56. The maximum absolute atomic E-state index is 9.00. The molecule has 1 aromatic heterocycles. The fourth-order valence-corrected chi connectivity index (χ4v) is 2.62. The summed E-state index contributed by atoms with van der Waals surface area (Å²) < 4.78 is 0. The highest BCUT2D eigenvalue weighted by atomic mass is 16.4. The van der Waals surface area contributed by atoms with Crippen molar-refractivity contribution in [3.05, 3.63) is 16.8 Å². The minimum Gasteiger partial charge on any atom is -0.409 e. The molecule has 2 heterocycles. The van der Waals surface area contributed by atoms with Crippen LogP contribution in [-0.2, 0) is 0 Å². The highest BCUT2D eigenvalue weighted by Gasteiger charge is 2.19. The number of anilines is 1. The number of rotatable bonds is 5. The molecular weight excluding hydrogens is 268 g/mol. The molecule has 116 valence electrons. The van der Waals surface area contributed by atoms with Gasteiger partial charge in [0.05, 0.1) is 11.3 Å². The molecule has 0 radical (unpaired) electrons. The molecule has 0 atom stereocenters. The van der Waals surface area contributed by atoms with E-state index in [4.69, 9.17) is 10.9 Å². The van der Waals surface area contributed by atoms with E-state index in [0.717, 1.165) is 24.3 Å². The second-order valence-electron chi connectivity index (χ2n) is 5.56. The monoisotopic (exact) mass is 292 g/mol. The predicted octanol–water partition coefficient (Wildman–Crippen LogP) is 0.720. The minimum absolute atomic E-state index is 0.0773. The van der Waals surface area contributed by atoms with Crippen LogP contribution in [0.5, 0.6) is 0 Å². The van der Waals surface area contributed by atoms with Crippen LogP contribution in [0, 0.1) is 13.8 Å². The molecule has 1 saturated heterocycles. The highest BCUT2D eigenvalue weighted by molar-refractivity contribution is 6.02. The fraction of sp³-hybridized carbons (Fsp3) is 0.643. The summed E-state index contributed by atoms with van der Waals surface area (Å²) in [6.07, 6.45) is 2.56. The van der Waals surface area contributed by atoms with Crippen LogP contribution in [-0.4, -0.2) is 59.4 Å². The van der Waals surface area contributed by atoms with Gasteiger partial charge in [0.2, 0.25) is 0 Å². The topological polar surface area (TPSA) is 90.9 Å². The van der Waals surface area contributed by atoms with Gasteiger partial charge in [-0.1, -0.05) is 5.16 Å². The first-order valence-electron chi connectivity index (χ1n) is 7.30. The zero-order valence-corrected chi connectivity index (χ0v) is 13.0. The molecule has 0 unspecified atom stereocenters. The van der Waals surface area contributed by atoms with Gasteiger partial charge in [-0.25, -0.2) is 0 Å². The number of hydrogen-bond acceptors (Lipinski definition) is 6. The molecule has 0 aromatic carbocycles. The maximum atomic E-state index is 9.00. The number of likely N-dealkylation sites (N-methyl/N-ethyl adjacent to an activating group) is 1.